The third-order valence-corrected chi connectivity index (χ3v) is 16.6. The third-order valence-electron chi connectivity index (χ3n) is 16.6. The molecule has 1 atom stereocenters. The van der Waals surface area contributed by atoms with Gasteiger partial charge in [0.1, 0.15) is 13.2 Å². The molecule has 0 saturated carbocycles. The summed E-state index contributed by atoms with van der Waals surface area (Å²) in [6.07, 6.45) is 87.4. The summed E-state index contributed by atoms with van der Waals surface area (Å²) in [5.74, 6) is -0.838. The number of rotatable bonds is 68. The summed E-state index contributed by atoms with van der Waals surface area (Å²) in [6, 6.07) is 0. The van der Waals surface area contributed by atoms with Crippen LogP contribution in [0.5, 0.6) is 0 Å². The molecule has 0 aliphatic carbocycles. The van der Waals surface area contributed by atoms with Crippen molar-refractivity contribution in [2.45, 2.75) is 412 Å². The van der Waals surface area contributed by atoms with Crippen LogP contribution in [0, 0.1) is 0 Å². The predicted octanol–water partition coefficient (Wildman–Crippen LogP) is 25.1. The highest BCUT2D eigenvalue weighted by molar-refractivity contribution is 5.71. The normalized spacial score (nSPS) is 12.2. The number of carbonyl (C=O) groups excluding carboxylic acids is 3. The lowest BCUT2D eigenvalue weighted by molar-refractivity contribution is -0.167. The van der Waals surface area contributed by atoms with Crippen molar-refractivity contribution >= 4 is 17.9 Å². The zero-order valence-corrected chi connectivity index (χ0v) is 54.8. The van der Waals surface area contributed by atoms with Crippen LogP contribution >= 0.6 is 0 Å². The van der Waals surface area contributed by atoms with Crippen molar-refractivity contribution in [2.75, 3.05) is 13.2 Å². The molecule has 0 fully saturated rings. The van der Waals surface area contributed by atoms with E-state index in [1.165, 1.54) is 302 Å². The van der Waals surface area contributed by atoms with E-state index in [9.17, 15) is 14.4 Å². The number of hydrogen-bond donors (Lipinski definition) is 0. The Morgan fingerprint density at radius 2 is 0.444 bits per heavy atom. The van der Waals surface area contributed by atoms with E-state index in [4.69, 9.17) is 14.2 Å². The van der Waals surface area contributed by atoms with Gasteiger partial charge in [-0.15, -0.1) is 0 Å². The number of esters is 3. The first-order valence-corrected chi connectivity index (χ1v) is 36.5. The minimum absolute atomic E-state index is 0.0673. The van der Waals surface area contributed by atoms with E-state index in [-0.39, 0.29) is 31.1 Å². The van der Waals surface area contributed by atoms with Gasteiger partial charge in [-0.25, -0.2) is 0 Å². The maximum Gasteiger partial charge on any atom is 0.306 e. The molecule has 0 aliphatic rings. The van der Waals surface area contributed by atoms with Gasteiger partial charge in [-0.3, -0.25) is 14.4 Å². The predicted molar refractivity (Wildman–Crippen MR) is 353 cm³/mol. The molecule has 6 nitrogen and oxygen atoms in total. The Hall–Kier alpha value is -2.37. The molecule has 1 unspecified atom stereocenters. The topological polar surface area (TPSA) is 78.9 Å². The molecule has 0 amide bonds. The van der Waals surface area contributed by atoms with Crippen molar-refractivity contribution in [1.82, 2.24) is 0 Å². The molecule has 0 radical (unpaired) electrons. The van der Waals surface area contributed by atoms with Crippen molar-refractivity contribution in [1.29, 1.82) is 0 Å². The van der Waals surface area contributed by atoms with E-state index in [1.807, 2.05) is 0 Å². The lowest BCUT2D eigenvalue weighted by atomic mass is 10.0. The summed E-state index contributed by atoms with van der Waals surface area (Å²) in [5, 5.41) is 0. The van der Waals surface area contributed by atoms with Gasteiger partial charge >= 0.3 is 17.9 Å². The van der Waals surface area contributed by atoms with Crippen molar-refractivity contribution in [3.05, 3.63) is 36.5 Å². The van der Waals surface area contributed by atoms with Crippen LogP contribution in [-0.4, -0.2) is 37.2 Å². The van der Waals surface area contributed by atoms with Crippen molar-refractivity contribution in [3.8, 4) is 0 Å². The van der Waals surface area contributed by atoms with E-state index in [2.05, 4.69) is 57.2 Å². The molecule has 0 spiro atoms. The second-order valence-corrected chi connectivity index (χ2v) is 24.9. The van der Waals surface area contributed by atoms with Crippen LogP contribution in [0.3, 0.4) is 0 Å². The van der Waals surface area contributed by atoms with Crippen LogP contribution in [0.4, 0.5) is 0 Å². The number of ether oxygens (including phenoxy) is 3. The van der Waals surface area contributed by atoms with E-state index in [0.717, 1.165) is 64.2 Å². The Bertz CT molecular complexity index is 1350. The van der Waals surface area contributed by atoms with Crippen LogP contribution in [-0.2, 0) is 28.6 Å². The molecule has 6 heteroatoms. The number of allylic oxidation sites excluding steroid dienone is 6. The second-order valence-electron chi connectivity index (χ2n) is 24.9. The fourth-order valence-electron chi connectivity index (χ4n) is 11.1. The Morgan fingerprint density at radius 1 is 0.247 bits per heavy atom. The largest absolute Gasteiger partial charge is 0.462 e. The highest BCUT2D eigenvalue weighted by Gasteiger charge is 2.19. The van der Waals surface area contributed by atoms with Crippen molar-refractivity contribution in [2.24, 2.45) is 0 Å². The molecule has 0 aromatic rings. The van der Waals surface area contributed by atoms with Gasteiger partial charge in [0, 0.05) is 19.3 Å². The Balaban J connectivity index is 4.27. The summed E-state index contributed by atoms with van der Waals surface area (Å²) in [7, 11) is 0. The van der Waals surface area contributed by atoms with Crippen LogP contribution < -0.4 is 0 Å². The van der Waals surface area contributed by atoms with Gasteiger partial charge in [0.15, 0.2) is 6.10 Å². The van der Waals surface area contributed by atoms with E-state index in [0.29, 0.717) is 19.3 Å². The molecule has 81 heavy (non-hydrogen) atoms. The Kier molecular flexibility index (Phi) is 68.1. The maximum atomic E-state index is 13.0. The van der Waals surface area contributed by atoms with Gasteiger partial charge < -0.3 is 14.2 Å². The van der Waals surface area contributed by atoms with Gasteiger partial charge in [-0.2, -0.15) is 0 Å². The number of carbonyl (C=O) groups is 3. The third kappa shape index (κ3) is 68.3. The van der Waals surface area contributed by atoms with Gasteiger partial charge in [0.2, 0.25) is 0 Å². The van der Waals surface area contributed by atoms with Gasteiger partial charge in [-0.1, -0.05) is 346 Å². The van der Waals surface area contributed by atoms with E-state index >= 15 is 0 Å². The highest BCUT2D eigenvalue weighted by atomic mass is 16.6. The minimum atomic E-state index is -0.772. The minimum Gasteiger partial charge on any atom is -0.462 e. The first-order valence-electron chi connectivity index (χ1n) is 36.5. The quantitative estimate of drug-likeness (QED) is 0.0261. The average Bonchev–Trinajstić information content (AvgIpc) is 3.47. The zero-order chi connectivity index (χ0) is 58.5. The fourth-order valence-corrected chi connectivity index (χ4v) is 11.1. The fraction of sp³-hybridized carbons (Fsp3) is 0.880. The molecular formula is C75H140O6. The molecular weight excluding hydrogens is 997 g/mol. The van der Waals surface area contributed by atoms with Gasteiger partial charge in [0.25, 0.3) is 0 Å². The van der Waals surface area contributed by atoms with Gasteiger partial charge in [-0.05, 0) is 77.0 Å². The monoisotopic (exact) mass is 1140 g/mol. The highest BCUT2D eigenvalue weighted by Crippen LogP contribution is 2.18. The Morgan fingerprint density at radius 3 is 0.691 bits per heavy atom. The molecule has 0 aromatic heterocycles. The molecule has 0 saturated heterocycles. The standard InChI is InChI=1S/C75H140O6/c1-4-7-10-13-16-19-22-25-28-30-32-34-36-37-39-40-42-44-47-50-53-56-59-62-65-68-74(77)80-71-72(70-79-73(76)67-64-61-58-55-52-49-46-27-24-21-18-15-12-9-6-3)81-75(78)69-66-63-60-57-54-51-48-45-43-41-38-35-33-31-29-26-23-20-17-14-11-8-5-2/h23,26,30-33,72H,4-22,24-25,27-29,34-71H2,1-3H3/b26-23-,32-30-,33-31-. The molecule has 0 aromatic carbocycles. The number of hydrogen-bond acceptors (Lipinski definition) is 6. The molecule has 0 heterocycles. The lowest BCUT2D eigenvalue weighted by Gasteiger charge is -2.18. The second kappa shape index (κ2) is 70.1. The first kappa shape index (κ1) is 78.6. The SMILES string of the molecule is CCCCCCC/C=C\C/C=C\CCCCCCCCCCCCCC(=O)OC(COC(=O)CCCCCCCCCCCCCCC/C=C\CCCCCCCCCC)COC(=O)CCCCCCCCCCCCCCCCC. The Labute approximate surface area is 506 Å². The van der Waals surface area contributed by atoms with E-state index in [1.54, 1.807) is 0 Å². The van der Waals surface area contributed by atoms with Crippen LogP contribution in [0.15, 0.2) is 36.5 Å². The summed E-state index contributed by atoms with van der Waals surface area (Å²) in [6.45, 7) is 6.71. The van der Waals surface area contributed by atoms with Gasteiger partial charge in [0.05, 0.1) is 0 Å². The zero-order valence-electron chi connectivity index (χ0n) is 54.8. The molecule has 476 valence electrons. The summed E-state index contributed by atoms with van der Waals surface area (Å²) in [5.41, 5.74) is 0. The smallest absolute Gasteiger partial charge is 0.306 e. The van der Waals surface area contributed by atoms with Crippen LogP contribution in [0.1, 0.15) is 406 Å². The first-order chi connectivity index (χ1) is 40.0. The van der Waals surface area contributed by atoms with Crippen LogP contribution in [0.25, 0.3) is 0 Å². The average molecular weight is 1140 g/mol. The number of unbranched alkanes of at least 4 members (excludes halogenated alkanes) is 51. The van der Waals surface area contributed by atoms with Crippen molar-refractivity contribution in [3.63, 3.8) is 0 Å². The molecule has 0 N–H and O–H groups in total. The molecule has 0 aliphatic heterocycles. The van der Waals surface area contributed by atoms with Crippen molar-refractivity contribution < 1.29 is 28.6 Å². The van der Waals surface area contributed by atoms with E-state index < -0.39 is 6.10 Å². The lowest BCUT2D eigenvalue weighted by Crippen LogP contribution is -2.30. The summed E-state index contributed by atoms with van der Waals surface area (Å²) >= 11 is 0. The summed E-state index contributed by atoms with van der Waals surface area (Å²) < 4.78 is 17.0. The molecule has 0 rings (SSSR count). The van der Waals surface area contributed by atoms with Crippen LogP contribution in [0.2, 0.25) is 0 Å². The summed E-state index contributed by atoms with van der Waals surface area (Å²) in [4.78, 5) is 38.5. The molecule has 0 bridgehead atoms. The maximum absolute atomic E-state index is 13.0.